The third-order valence-electron chi connectivity index (χ3n) is 5.37. The van der Waals surface area contributed by atoms with E-state index in [-0.39, 0.29) is 24.3 Å². The van der Waals surface area contributed by atoms with E-state index in [0.717, 1.165) is 50.1 Å². The molecule has 2 N–H and O–H groups in total. The van der Waals surface area contributed by atoms with Gasteiger partial charge in [0.25, 0.3) is 0 Å². The van der Waals surface area contributed by atoms with E-state index in [0.29, 0.717) is 6.04 Å². The third-order valence-corrected chi connectivity index (χ3v) is 5.37. The Balaban J connectivity index is 1.29. The van der Waals surface area contributed by atoms with Crippen LogP contribution in [0.5, 0.6) is 0 Å². The summed E-state index contributed by atoms with van der Waals surface area (Å²) in [5.41, 5.74) is 7.05. The topological polar surface area (TPSA) is 97.4 Å². The van der Waals surface area contributed by atoms with Gasteiger partial charge in [0.05, 0.1) is 5.52 Å². The summed E-state index contributed by atoms with van der Waals surface area (Å²) < 4.78 is 1.66. The van der Waals surface area contributed by atoms with Crippen molar-refractivity contribution < 1.29 is 9.59 Å². The maximum atomic E-state index is 12.5. The zero-order valence-corrected chi connectivity index (χ0v) is 14.0. The second-order valence-electron chi connectivity index (χ2n) is 6.90. The fraction of sp³-hybridized carbons (Fsp3) is 0.529. The van der Waals surface area contributed by atoms with Crippen molar-refractivity contribution >= 4 is 22.8 Å². The molecule has 2 aliphatic rings. The molecule has 2 fully saturated rings. The molecular formula is C17H22N6O2. The maximum Gasteiger partial charge on any atom is 0.244 e. The molecule has 2 amide bonds. The quantitative estimate of drug-likeness (QED) is 0.833. The Hall–Kier alpha value is -2.48. The molecule has 0 saturated carbocycles. The van der Waals surface area contributed by atoms with Crippen LogP contribution in [0.1, 0.15) is 12.8 Å². The second-order valence-corrected chi connectivity index (χ2v) is 6.90. The molecule has 0 bridgehead atoms. The van der Waals surface area contributed by atoms with Crippen molar-refractivity contribution in [2.24, 2.45) is 11.7 Å². The lowest BCUT2D eigenvalue weighted by Gasteiger charge is -2.47. The van der Waals surface area contributed by atoms with Gasteiger partial charge in [-0.05, 0) is 38.1 Å². The van der Waals surface area contributed by atoms with Gasteiger partial charge in [-0.1, -0.05) is 17.3 Å². The van der Waals surface area contributed by atoms with Crippen molar-refractivity contribution in [1.82, 2.24) is 24.8 Å². The largest absolute Gasteiger partial charge is 0.369 e. The number of para-hydroxylation sites is 1. The molecule has 2 aliphatic heterocycles. The van der Waals surface area contributed by atoms with Gasteiger partial charge in [-0.15, -0.1) is 5.10 Å². The predicted molar refractivity (Wildman–Crippen MR) is 91.4 cm³/mol. The van der Waals surface area contributed by atoms with E-state index in [9.17, 15) is 9.59 Å². The van der Waals surface area contributed by atoms with Gasteiger partial charge in [0.15, 0.2) is 0 Å². The lowest BCUT2D eigenvalue weighted by molar-refractivity contribution is -0.140. The number of aromatic nitrogens is 3. The fourth-order valence-electron chi connectivity index (χ4n) is 3.70. The zero-order valence-electron chi connectivity index (χ0n) is 14.0. The minimum absolute atomic E-state index is 0.00894. The molecule has 132 valence electrons. The van der Waals surface area contributed by atoms with Gasteiger partial charge in [-0.2, -0.15) is 0 Å². The first-order valence-electron chi connectivity index (χ1n) is 8.71. The van der Waals surface area contributed by atoms with Gasteiger partial charge in [-0.25, -0.2) is 4.68 Å². The zero-order chi connectivity index (χ0) is 17.4. The Kier molecular flexibility index (Phi) is 4.12. The van der Waals surface area contributed by atoms with Crippen molar-refractivity contribution in [3.8, 4) is 0 Å². The smallest absolute Gasteiger partial charge is 0.244 e. The number of benzene rings is 1. The summed E-state index contributed by atoms with van der Waals surface area (Å²) in [6.07, 6.45) is 1.65. The van der Waals surface area contributed by atoms with Gasteiger partial charge in [0.2, 0.25) is 11.8 Å². The van der Waals surface area contributed by atoms with Gasteiger partial charge in [0.1, 0.15) is 12.1 Å². The van der Waals surface area contributed by atoms with Crippen molar-refractivity contribution in [2.75, 3.05) is 26.2 Å². The first-order valence-corrected chi connectivity index (χ1v) is 8.71. The number of carbonyl (C=O) groups is 2. The molecule has 2 saturated heterocycles. The highest BCUT2D eigenvalue weighted by atomic mass is 16.2. The lowest BCUT2D eigenvalue weighted by atomic mass is 9.94. The molecule has 0 aliphatic carbocycles. The van der Waals surface area contributed by atoms with Crippen LogP contribution in [0.2, 0.25) is 0 Å². The first kappa shape index (κ1) is 16.0. The number of hydrogen-bond acceptors (Lipinski definition) is 5. The van der Waals surface area contributed by atoms with Crippen LogP contribution in [0.4, 0.5) is 0 Å². The van der Waals surface area contributed by atoms with E-state index in [2.05, 4.69) is 15.2 Å². The van der Waals surface area contributed by atoms with Crippen LogP contribution < -0.4 is 5.73 Å². The SMILES string of the molecule is NC(=O)C1CCN(C2CN(C(=O)Cn3nnc4ccccc43)C2)CC1. The molecule has 8 nitrogen and oxygen atoms in total. The Morgan fingerprint density at radius 3 is 2.60 bits per heavy atom. The summed E-state index contributed by atoms with van der Waals surface area (Å²) in [6.45, 7) is 3.47. The van der Waals surface area contributed by atoms with Crippen LogP contribution in [-0.4, -0.2) is 68.8 Å². The number of primary amides is 1. The molecule has 2 aromatic rings. The van der Waals surface area contributed by atoms with Gasteiger partial charge in [-0.3, -0.25) is 14.5 Å². The predicted octanol–water partition coefficient (Wildman–Crippen LogP) is -0.161. The number of likely N-dealkylation sites (tertiary alicyclic amines) is 2. The van der Waals surface area contributed by atoms with E-state index in [1.807, 2.05) is 29.2 Å². The number of fused-ring (bicyclic) bond motifs is 1. The van der Waals surface area contributed by atoms with Crippen molar-refractivity contribution in [3.63, 3.8) is 0 Å². The monoisotopic (exact) mass is 342 g/mol. The molecule has 8 heteroatoms. The summed E-state index contributed by atoms with van der Waals surface area (Å²) in [7, 11) is 0. The van der Waals surface area contributed by atoms with Crippen LogP contribution in [-0.2, 0) is 16.1 Å². The molecule has 0 radical (unpaired) electrons. The van der Waals surface area contributed by atoms with Crippen LogP contribution in [0, 0.1) is 5.92 Å². The van der Waals surface area contributed by atoms with Gasteiger partial charge >= 0.3 is 0 Å². The molecule has 0 spiro atoms. The molecule has 25 heavy (non-hydrogen) atoms. The van der Waals surface area contributed by atoms with Crippen molar-refractivity contribution in [2.45, 2.75) is 25.4 Å². The van der Waals surface area contributed by atoms with Gasteiger partial charge in [0, 0.05) is 25.0 Å². The number of rotatable bonds is 4. The second kappa shape index (κ2) is 6.44. The summed E-state index contributed by atoms with van der Waals surface area (Å²) >= 11 is 0. The Labute approximate surface area is 145 Å². The molecule has 1 aromatic carbocycles. The number of carbonyl (C=O) groups excluding carboxylic acids is 2. The Morgan fingerprint density at radius 1 is 1.16 bits per heavy atom. The average molecular weight is 342 g/mol. The minimum atomic E-state index is -0.190. The molecule has 4 rings (SSSR count). The molecule has 0 unspecified atom stereocenters. The van der Waals surface area contributed by atoms with Crippen molar-refractivity contribution in [1.29, 1.82) is 0 Å². The number of nitrogens with two attached hydrogens (primary N) is 1. The molecule has 0 atom stereocenters. The number of amides is 2. The van der Waals surface area contributed by atoms with Crippen LogP contribution in [0.3, 0.4) is 0 Å². The molecular weight excluding hydrogens is 320 g/mol. The third kappa shape index (κ3) is 3.09. The highest BCUT2D eigenvalue weighted by Gasteiger charge is 2.37. The van der Waals surface area contributed by atoms with E-state index in [1.54, 1.807) is 4.68 Å². The van der Waals surface area contributed by atoms with Crippen LogP contribution >= 0.6 is 0 Å². The summed E-state index contributed by atoms with van der Waals surface area (Å²) in [6, 6.07) is 8.03. The lowest BCUT2D eigenvalue weighted by Crippen LogP contribution is -2.62. The highest BCUT2D eigenvalue weighted by Crippen LogP contribution is 2.23. The van der Waals surface area contributed by atoms with Gasteiger partial charge < -0.3 is 10.6 Å². The first-order chi connectivity index (χ1) is 12.1. The fourth-order valence-corrected chi connectivity index (χ4v) is 3.70. The standard InChI is InChI=1S/C17H22N6O2/c18-17(25)12-5-7-21(8-6-12)13-9-22(10-13)16(24)11-23-15-4-2-1-3-14(15)19-20-23/h1-4,12-13H,5-11H2,(H2,18,25). The minimum Gasteiger partial charge on any atom is -0.369 e. The normalized spacial score (nSPS) is 19.9. The highest BCUT2D eigenvalue weighted by molar-refractivity contribution is 5.80. The van der Waals surface area contributed by atoms with E-state index < -0.39 is 0 Å². The number of nitrogens with zero attached hydrogens (tertiary/aromatic N) is 5. The summed E-state index contributed by atoms with van der Waals surface area (Å²) in [4.78, 5) is 27.9. The Morgan fingerprint density at radius 2 is 1.88 bits per heavy atom. The van der Waals surface area contributed by atoms with E-state index in [4.69, 9.17) is 5.73 Å². The summed E-state index contributed by atoms with van der Waals surface area (Å²) in [5.74, 6) is -0.112. The summed E-state index contributed by atoms with van der Waals surface area (Å²) in [5, 5.41) is 8.16. The molecule has 3 heterocycles. The number of hydrogen-bond donors (Lipinski definition) is 1. The van der Waals surface area contributed by atoms with Crippen LogP contribution in [0.15, 0.2) is 24.3 Å². The van der Waals surface area contributed by atoms with E-state index in [1.165, 1.54) is 0 Å². The Bertz CT molecular complexity index is 789. The van der Waals surface area contributed by atoms with E-state index >= 15 is 0 Å². The average Bonchev–Trinajstić information content (AvgIpc) is 2.97. The number of piperidine rings is 1. The van der Waals surface area contributed by atoms with Crippen LogP contribution in [0.25, 0.3) is 11.0 Å². The van der Waals surface area contributed by atoms with Crippen molar-refractivity contribution in [3.05, 3.63) is 24.3 Å². The molecule has 1 aromatic heterocycles. The maximum absolute atomic E-state index is 12.5.